The molecule has 0 N–H and O–H groups in total. The Morgan fingerprint density at radius 1 is 1.32 bits per heavy atom. The first-order chi connectivity index (χ1) is 8.94. The van der Waals surface area contributed by atoms with Crippen LogP contribution in [0.5, 0.6) is 0 Å². The summed E-state index contributed by atoms with van der Waals surface area (Å²) >= 11 is 1.46. The van der Waals surface area contributed by atoms with Gasteiger partial charge in [0.25, 0.3) is 0 Å². The zero-order valence-corrected chi connectivity index (χ0v) is 11.9. The summed E-state index contributed by atoms with van der Waals surface area (Å²) in [7, 11) is 0. The molecule has 0 radical (unpaired) electrons. The van der Waals surface area contributed by atoms with Crippen LogP contribution in [0.15, 0.2) is 24.1 Å². The maximum Gasteiger partial charge on any atom is 0.312 e. The van der Waals surface area contributed by atoms with Gasteiger partial charge in [0.1, 0.15) is 16.9 Å². The molecule has 0 bridgehead atoms. The van der Waals surface area contributed by atoms with Crippen LogP contribution < -0.4 is 0 Å². The Morgan fingerprint density at radius 3 is 2.63 bits per heavy atom. The van der Waals surface area contributed by atoms with E-state index in [0.717, 1.165) is 10.6 Å². The first-order valence-electron chi connectivity index (χ1n) is 5.86. The molecule has 0 saturated heterocycles. The summed E-state index contributed by atoms with van der Waals surface area (Å²) in [6, 6.07) is 0. The Balaban J connectivity index is 2.04. The van der Waals surface area contributed by atoms with E-state index in [-0.39, 0.29) is 12.4 Å². The third-order valence-electron chi connectivity index (χ3n) is 2.10. The van der Waals surface area contributed by atoms with Gasteiger partial charge in [0.05, 0.1) is 12.1 Å². The number of aromatic nitrogens is 3. The molecule has 0 aliphatic rings. The van der Waals surface area contributed by atoms with Gasteiger partial charge < -0.3 is 4.74 Å². The predicted octanol–water partition coefficient (Wildman–Crippen LogP) is 2.48. The number of nitrogens with zero attached hydrogens (tertiary/aromatic N) is 3. The molecular formula is C13H15N3O2S. The van der Waals surface area contributed by atoms with Crippen LogP contribution in [0.3, 0.4) is 0 Å². The number of carbonyl (C=O) groups is 1. The number of carbonyl (C=O) groups excluding carboxylic acids is 1. The lowest BCUT2D eigenvalue weighted by Crippen LogP contribution is -2.24. The number of rotatable bonds is 3. The van der Waals surface area contributed by atoms with Gasteiger partial charge in [0.15, 0.2) is 0 Å². The van der Waals surface area contributed by atoms with Gasteiger partial charge >= 0.3 is 5.97 Å². The normalized spacial score (nSPS) is 11.3. The molecule has 0 atom stereocenters. The molecule has 19 heavy (non-hydrogen) atoms. The lowest BCUT2D eigenvalue weighted by Gasteiger charge is -2.18. The topological polar surface area (TPSA) is 65.0 Å². The lowest BCUT2D eigenvalue weighted by atomic mass is 10.2. The Hall–Kier alpha value is -1.82. The average Bonchev–Trinajstić information content (AvgIpc) is 2.76. The largest absolute Gasteiger partial charge is 0.460 e. The van der Waals surface area contributed by atoms with Crippen LogP contribution in [0.4, 0.5) is 0 Å². The Labute approximate surface area is 115 Å². The van der Waals surface area contributed by atoms with Gasteiger partial charge in [-0.1, -0.05) is 0 Å². The van der Waals surface area contributed by atoms with E-state index in [9.17, 15) is 4.79 Å². The molecule has 100 valence electrons. The summed E-state index contributed by atoms with van der Waals surface area (Å²) < 4.78 is 5.26. The van der Waals surface area contributed by atoms with Crippen LogP contribution in [0.25, 0.3) is 10.6 Å². The second-order valence-electron chi connectivity index (χ2n) is 5.03. The van der Waals surface area contributed by atoms with Crippen molar-refractivity contribution in [3.63, 3.8) is 0 Å². The quantitative estimate of drug-likeness (QED) is 0.806. The monoisotopic (exact) mass is 277 g/mol. The highest BCUT2D eigenvalue weighted by atomic mass is 32.1. The van der Waals surface area contributed by atoms with Crippen LogP contribution in [0, 0.1) is 0 Å². The van der Waals surface area contributed by atoms with Crippen molar-refractivity contribution >= 4 is 17.3 Å². The molecule has 5 nitrogen and oxygen atoms in total. The van der Waals surface area contributed by atoms with Gasteiger partial charge in [0, 0.05) is 23.3 Å². The van der Waals surface area contributed by atoms with Crippen LogP contribution >= 0.6 is 11.3 Å². The maximum absolute atomic E-state index is 11.7. The van der Waals surface area contributed by atoms with Crippen molar-refractivity contribution in [2.24, 2.45) is 0 Å². The van der Waals surface area contributed by atoms with Crippen molar-refractivity contribution in [2.45, 2.75) is 32.8 Å². The van der Waals surface area contributed by atoms with Gasteiger partial charge in [-0.2, -0.15) is 0 Å². The lowest BCUT2D eigenvalue weighted by molar-refractivity contribution is -0.153. The molecule has 0 spiro atoms. The molecule has 6 heteroatoms. The van der Waals surface area contributed by atoms with E-state index in [0.29, 0.717) is 5.69 Å². The molecule has 0 amide bonds. The number of hydrogen-bond donors (Lipinski definition) is 0. The number of hydrogen-bond acceptors (Lipinski definition) is 6. The smallest absolute Gasteiger partial charge is 0.312 e. The highest BCUT2D eigenvalue weighted by Crippen LogP contribution is 2.22. The molecule has 2 aromatic rings. The first kappa shape index (κ1) is 13.6. The van der Waals surface area contributed by atoms with Gasteiger partial charge in [-0.25, -0.2) is 15.0 Å². The Morgan fingerprint density at radius 2 is 2.00 bits per heavy atom. The van der Waals surface area contributed by atoms with E-state index in [2.05, 4.69) is 15.0 Å². The van der Waals surface area contributed by atoms with E-state index in [1.807, 2.05) is 26.2 Å². The van der Waals surface area contributed by atoms with Crippen molar-refractivity contribution in [1.82, 2.24) is 15.0 Å². The summed E-state index contributed by atoms with van der Waals surface area (Å²) in [5.74, 6) is -0.270. The summed E-state index contributed by atoms with van der Waals surface area (Å²) in [6.07, 6.45) is 5.05. The molecule has 0 aromatic carbocycles. The summed E-state index contributed by atoms with van der Waals surface area (Å²) in [6.45, 7) is 5.54. The van der Waals surface area contributed by atoms with Gasteiger partial charge in [-0.05, 0) is 20.8 Å². The number of thiazole rings is 1. The molecule has 2 aromatic heterocycles. The van der Waals surface area contributed by atoms with Gasteiger partial charge in [-0.15, -0.1) is 11.3 Å². The van der Waals surface area contributed by atoms with Gasteiger partial charge in [-0.3, -0.25) is 4.79 Å². The molecule has 0 fully saturated rings. The Bertz CT molecular complexity index is 561. The predicted molar refractivity (Wildman–Crippen MR) is 72.7 cm³/mol. The molecule has 2 heterocycles. The highest BCUT2D eigenvalue weighted by molar-refractivity contribution is 7.13. The van der Waals surface area contributed by atoms with E-state index in [4.69, 9.17) is 4.74 Å². The van der Waals surface area contributed by atoms with E-state index in [1.54, 1.807) is 12.4 Å². The summed E-state index contributed by atoms with van der Waals surface area (Å²) in [5.41, 5.74) is 1.09. The minimum Gasteiger partial charge on any atom is -0.460 e. The fraction of sp³-hybridized carbons (Fsp3) is 0.385. The zero-order chi connectivity index (χ0) is 13.9. The summed E-state index contributed by atoms with van der Waals surface area (Å²) in [5, 5.41) is 2.66. The molecular weight excluding hydrogens is 262 g/mol. The van der Waals surface area contributed by atoms with Crippen LogP contribution in [0.2, 0.25) is 0 Å². The standard InChI is InChI=1S/C13H15N3O2S/c1-13(2,3)18-11(17)4-10-7-19-12(16-10)9-5-14-8-15-6-9/h5-8H,4H2,1-3H3. The molecule has 0 saturated carbocycles. The zero-order valence-electron chi connectivity index (χ0n) is 11.1. The SMILES string of the molecule is CC(C)(C)OC(=O)Cc1csc(-c2cncnc2)n1. The minimum absolute atomic E-state index is 0.182. The third-order valence-corrected chi connectivity index (χ3v) is 3.04. The van der Waals surface area contributed by atoms with Crippen LogP contribution in [0.1, 0.15) is 26.5 Å². The number of ether oxygens (including phenoxy) is 1. The van der Waals surface area contributed by atoms with E-state index < -0.39 is 5.60 Å². The van der Waals surface area contributed by atoms with Crippen molar-refractivity contribution in [3.05, 3.63) is 29.8 Å². The van der Waals surface area contributed by atoms with Crippen molar-refractivity contribution in [3.8, 4) is 10.6 Å². The van der Waals surface area contributed by atoms with Crippen molar-refractivity contribution in [2.75, 3.05) is 0 Å². The van der Waals surface area contributed by atoms with E-state index in [1.165, 1.54) is 17.7 Å². The van der Waals surface area contributed by atoms with E-state index >= 15 is 0 Å². The van der Waals surface area contributed by atoms with Crippen LogP contribution in [-0.2, 0) is 16.0 Å². The maximum atomic E-state index is 11.7. The third kappa shape index (κ3) is 4.10. The first-order valence-corrected chi connectivity index (χ1v) is 6.73. The van der Waals surface area contributed by atoms with Crippen molar-refractivity contribution < 1.29 is 9.53 Å². The molecule has 2 rings (SSSR count). The Kier molecular flexibility index (Phi) is 3.90. The van der Waals surface area contributed by atoms with Gasteiger partial charge in [0.2, 0.25) is 0 Å². The molecule has 0 aliphatic heterocycles. The fourth-order valence-electron chi connectivity index (χ4n) is 1.46. The second kappa shape index (κ2) is 5.44. The number of esters is 1. The fourth-order valence-corrected chi connectivity index (χ4v) is 2.25. The second-order valence-corrected chi connectivity index (χ2v) is 5.89. The minimum atomic E-state index is -0.469. The molecule has 0 aliphatic carbocycles. The highest BCUT2D eigenvalue weighted by Gasteiger charge is 2.17. The van der Waals surface area contributed by atoms with Crippen molar-refractivity contribution in [1.29, 1.82) is 0 Å². The summed E-state index contributed by atoms with van der Waals surface area (Å²) in [4.78, 5) is 24.0. The van der Waals surface area contributed by atoms with Crippen LogP contribution in [-0.4, -0.2) is 26.5 Å². The average molecular weight is 277 g/mol. The molecule has 0 unspecified atom stereocenters.